The number of carbonyl (C=O) groups excluding carboxylic acids is 1. The van der Waals surface area contributed by atoms with Crippen molar-refractivity contribution >= 4 is 11.8 Å². The van der Waals surface area contributed by atoms with E-state index in [4.69, 9.17) is 0 Å². The largest absolute Gasteiger partial charge is 0.328 e. The maximum atomic E-state index is 12.4. The van der Waals surface area contributed by atoms with Gasteiger partial charge < -0.3 is 5.32 Å². The van der Waals surface area contributed by atoms with E-state index >= 15 is 0 Å². The second-order valence-electron chi connectivity index (χ2n) is 6.66. The van der Waals surface area contributed by atoms with E-state index in [0.717, 1.165) is 36.7 Å². The highest BCUT2D eigenvalue weighted by molar-refractivity contribution is 5.88. The zero-order chi connectivity index (χ0) is 17.8. The summed E-state index contributed by atoms with van der Waals surface area (Å²) in [6.45, 7) is 6.57. The molecule has 0 spiro atoms. The number of urea groups is 1. The Labute approximate surface area is 148 Å². The van der Waals surface area contributed by atoms with E-state index in [9.17, 15) is 4.79 Å². The molecule has 25 heavy (non-hydrogen) atoms. The summed E-state index contributed by atoms with van der Waals surface area (Å²) in [5.74, 6) is 1.50. The van der Waals surface area contributed by atoms with Gasteiger partial charge in [0.05, 0.1) is 17.8 Å². The lowest BCUT2D eigenvalue weighted by molar-refractivity contribution is 0.248. The van der Waals surface area contributed by atoms with Gasteiger partial charge >= 0.3 is 6.03 Å². The van der Waals surface area contributed by atoms with Crippen LogP contribution >= 0.6 is 0 Å². The monoisotopic (exact) mass is 345 g/mol. The van der Waals surface area contributed by atoms with Crippen LogP contribution in [0.2, 0.25) is 0 Å². The minimum Gasteiger partial charge on any atom is -0.328 e. The van der Waals surface area contributed by atoms with Crippen LogP contribution in [0, 0.1) is 6.92 Å². The molecule has 8 nitrogen and oxygen atoms in total. The highest BCUT2D eigenvalue weighted by atomic mass is 16.2. The lowest BCUT2D eigenvalue weighted by Gasteiger charge is -2.24. The number of hydrogen-bond acceptors (Lipinski definition) is 4. The van der Waals surface area contributed by atoms with Crippen molar-refractivity contribution in [3.05, 3.63) is 23.9 Å². The van der Waals surface area contributed by atoms with Crippen molar-refractivity contribution in [3.8, 4) is 0 Å². The van der Waals surface area contributed by atoms with Crippen LogP contribution in [0.3, 0.4) is 0 Å². The van der Waals surface area contributed by atoms with E-state index in [2.05, 4.69) is 25.8 Å². The molecule has 3 rings (SSSR count). The average molecular weight is 345 g/mol. The van der Waals surface area contributed by atoms with Gasteiger partial charge in [-0.2, -0.15) is 10.2 Å². The van der Waals surface area contributed by atoms with Gasteiger partial charge in [0, 0.05) is 12.6 Å². The molecular formula is C17H27N7O. The van der Waals surface area contributed by atoms with E-state index < -0.39 is 0 Å². The minimum absolute atomic E-state index is 0.227. The smallest absolute Gasteiger partial charge is 0.320 e. The van der Waals surface area contributed by atoms with Crippen molar-refractivity contribution in [3.63, 3.8) is 0 Å². The van der Waals surface area contributed by atoms with Gasteiger partial charge in [-0.05, 0) is 33.6 Å². The molecule has 1 saturated carbocycles. The molecule has 1 aliphatic carbocycles. The third-order valence-electron chi connectivity index (χ3n) is 4.70. The molecule has 1 aliphatic rings. The highest BCUT2D eigenvalue weighted by Crippen LogP contribution is 2.30. The van der Waals surface area contributed by atoms with Crippen LogP contribution in [-0.4, -0.2) is 30.6 Å². The maximum absolute atomic E-state index is 12.4. The van der Waals surface area contributed by atoms with Crippen LogP contribution in [0.4, 0.5) is 10.6 Å². The molecule has 2 amide bonds. The minimum atomic E-state index is -0.255. The van der Waals surface area contributed by atoms with Crippen LogP contribution in [0.5, 0.6) is 0 Å². The molecule has 8 heteroatoms. The number of hydrogen-bond donors (Lipinski definition) is 2. The van der Waals surface area contributed by atoms with E-state index in [-0.39, 0.29) is 12.1 Å². The molecule has 1 atom stereocenters. The van der Waals surface area contributed by atoms with Crippen molar-refractivity contribution < 1.29 is 4.79 Å². The van der Waals surface area contributed by atoms with Crippen LogP contribution in [0.1, 0.15) is 69.6 Å². The summed E-state index contributed by atoms with van der Waals surface area (Å²) in [5.41, 5.74) is 0.916. The van der Waals surface area contributed by atoms with Crippen LogP contribution in [-0.2, 0) is 6.54 Å². The molecule has 2 aromatic heterocycles. The summed E-state index contributed by atoms with van der Waals surface area (Å²) < 4.78 is 3.76. The number of rotatable bonds is 5. The third kappa shape index (κ3) is 4.00. The van der Waals surface area contributed by atoms with Gasteiger partial charge in [-0.15, -0.1) is 0 Å². The third-order valence-corrected chi connectivity index (χ3v) is 4.70. The summed E-state index contributed by atoms with van der Waals surface area (Å²) in [6, 6.07) is 1.82. The van der Waals surface area contributed by atoms with Crippen LogP contribution in [0.25, 0.3) is 0 Å². The molecule has 2 aromatic rings. The quantitative estimate of drug-likeness (QED) is 0.871. The van der Waals surface area contributed by atoms with E-state index in [1.165, 1.54) is 25.6 Å². The Morgan fingerprint density at radius 1 is 1.36 bits per heavy atom. The van der Waals surface area contributed by atoms with Crippen molar-refractivity contribution in [1.29, 1.82) is 0 Å². The first kappa shape index (κ1) is 17.4. The van der Waals surface area contributed by atoms with Gasteiger partial charge in [0.25, 0.3) is 0 Å². The standard InChI is InChI=1S/C17H27N7O/c1-4-23-16(18-11-19-23)13(3)20-17(25)21-15-10-12(2)22-24(15)14-8-6-5-7-9-14/h10-11,13-14H,4-9H2,1-3H3,(H2,20,21,25)/t13-/m0/s1. The topological polar surface area (TPSA) is 89.7 Å². The zero-order valence-corrected chi connectivity index (χ0v) is 15.2. The fourth-order valence-electron chi connectivity index (χ4n) is 3.48. The number of amides is 2. The predicted octanol–water partition coefficient (Wildman–Crippen LogP) is 3.19. The molecule has 2 heterocycles. The zero-order valence-electron chi connectivity index (χ0n) is 15.2. The SMILES string of the molecule is CCn1ncnc1[C@H](C)NC(=O)Nc1cc(C)nn1C1CCCCC1. The predicted molar refractivity (Wildman–Crippen MR) is 95.4 cm³/mol. The molecule has 1 fully saturated rings. The Bertz CT molecular complexity index is 714. The van der Waals surface area contributed by atoms with Gasteiger partial charge in [-0.1, -0.05) is 19.3 Å². The summed E-state index contributed by atoms with van der Waals surface area (Å²) in [4.78, 5) is 16.7. The molecule has 0 saturated heterocycles. The van der Waals surface area contributed by atoms with Crippen molar-refractivity contribution in [2.75, 3.05) is 5.32 Å². The molecule has 2 N–H and O–H groups in total. The molecule has 0 unspecified atom stereocenters. The van der Waals surface area contributed by atoms with Gasteiger partial charge in [-0.3, -0.25) is 5.32 Å². The molecule has 136 valence electrons. The van der Waals surface area contributed by atoms with Crippen molar-refractivity contribution in [1.82, 2.24) is 29.9 Å². The van der Waals surface area contributed by atoms with Gasteiger partial charge in [0.15, 0.2) is 0 Å². The summed E-state index contributed by atoms with van der Waals surface area (Å²) in [7, 11) is 0. The molecule has 0 bridgehead atoms. The number of aryl methyl sites for hydroxylation is 2. The number of anilines is 1. The van der Waals surface area contributed by atoms with E-state index in [0.29, 0.717) is 6.04 Å². The van der Waals surface area contributed by atoms with E-state index in [1.54, 1.807) is 4.68 Å². The maximum Gasteiger partial charge on any atom is 0.320 e. The fraction of sp³-hybridized carbons (Fsp3) is 0.647. The van der Waals surface area contributed by atoms with Crippen LogP contribution < -0.4 is 10.6 Å². The van der Waals surface area contributed by atoms with E-state index in [1.807, 2.05) is 31.5 Å². The lowest BCUT2D eigenvalue weighted by Crippen LogP contribution is -2.33. The Morgan fingerprint density at radius 2 is 2.12 bits per heavy atom. The highest BCUT2D eigenvalue weighted by Gasteiger charge is 2.21. The number of nitrogens with one attached hydrogen (secondary N) is 2. The first-order chi connectivity index (χ1) is 12.1. The number of carbonyl (C=O) groups is 1. The fourth-order valence-corrected chi connectivity index (χ4v) is 3.48. The summed E-state index contributed by atoms with van der Waals surface area (Å²) in [6.07, 6.45) is 7.48. The van der Waals surface area contributed by atoms with Crippen LogP contribution in [0.15, 0.2) is 12.4 Å². The molecular weight excluding hydrogens is 318 g/mol. The normalized spacial score (nSPS) is 16.6. The molecule has 0 radical (unpaired) electrons. The molecule has 0 aromatic carbocycles. The van der Waals surface area contributed by atoms with Gasteiger partial charge in [-0.25, -0.2) is 19.1 Å². The van der Waals surface area contributed by atoms with Gasteiger partial charge in [0.1, 0.15) is 18.0 Å². The Kier molecular flexibility index (Phi) is 5.35. The average Bonchev–Trinajstić information content (AvgIpc) is 3.21. The Balaban J connectivity index is 1.66. The Hall–Kier alpha value is -2.38. The van der Waals surface area contributed by atoms with Crippen molar-refractivity contribution in [2.45, 2.75) is 71.5 Å². The molecule has 0 aliphatic heterocycles. The first-order valence-electron chi connectivity index (χ1n) is 9.10. The second-order valence-corrected chi connectivity index (χ2v) is 6.66. The number of aromatic nitrogens is 5. The second kappa shape index (κ2) is 7.67. The Morgan fingerprint density at radius 3 is 2.84 bits per heavy atom. The summed E-state index contributed by atoms with van der Waals surface area (Å²) in [5, 5.41) is 14.6. The number of nitrogens with zero attached hydrogens (tertiary/aromatic N) is 5. The first-order valence-corrected chi connectivity index (χ1v) is 9.10. The lowest BCUT2D eigenvalue weighted by atomic mass is 9.96. The van der Waals surface area contributed by atoms with Gasteiger partial charge in [0.2, 0.25) is 0 Å². The van der Waals surface area contributed by atoms with Crippen molar-refractivity contribution in [2.24, 2.45) is 0 Å². The summed E-state index contributed by atoms with van der Waals surface area (Å²) >= 11 is 0.